The average molecular weight is 267 g/mol. The molecular weight excluding hydrogens is 248 g/mol. The van der Waals surface area contributed by atoms with Crippen LogP contribution in [0.1, 0.15) is 25.3 Å². The smallest absolute Gasteiger partial charge is 0.217 e. The van der Waals surface area contributed by atoms with Gasteiger partial charge in [0.1, 0.15) is 0 Å². The Morgan fingerprint density at radius 1 is 1.44 bits per heavy atom. The first-order valence-electron chi connectivity index (χ1n) is 6.38. The number of rotatable bonds is 3. The van der Waals surface area contributed by atoms with Gasteiger partial charge in [0.25, 0.3) is 0 Å². The first kappa shape index (κ1) is 13.4. The molecule has 2 rings (SSSR count). The minimum Gasteiger partial charge on any atom is -0.354 e. The molecule has 1 heterocycles. The molecule has 1 aromatic carbocycles. The van der Waals surface area contributed by atoms with Crippen LogP contribution in [0.25, 0.3) is 0 Å². The topological polar surface area (TPSA) is 41.1 Å². The van der Waals surface area contributed by atoms with Gasteiger partial charge in [-0.2, -0.15) is 0 Å². The van der Waals surface area contributed by atoms with E-state index in [1.54, 1.807) is 6.92 Å². The predicted molar refractivity (Wildman–Crippen MR) is 73.8 cm³/mol. The number of piperidine rings is 1. The summed E-state index contributed by atoms with van der Waals surface area (Å²) in [5.74, 6) is 0.0622. The van der Waals surface area contributed by atoms with Crippen molar-refractivity contribution in [1.29, 1.82) is 0 Å². The fourth-order valence-corrected chi connectivity index (χ4v) is 2.61. The lowest BCUT2D eigenvalue weighted by atomic mass is 9.94. The van der Waals surface area contributed by atoms with Gasteiger partial charge in [-0.3, -0.25) is 4.79 Å². The molecular formula is C14H19ClN2O. The minimum absolute atomic E-state index is 0.0622. The number of carbonyl (C=O) groups is 1. The monoisotopic (exact) mass is 266 g/mol. The summed E-state index contributed by atoms with van der Waals surface area (Å²) in [5.41, 5.74) is 1.28. The standard InChI is InChI=1S/C14H19ClN2O/c1-10(18)17-13-6-7-16-14(9-13)8-11-2-4-12(15)5-3-11/h2-5,13-14,16H,6-9H2,1H3,(H,17,18)/t13-,14-/m0/s1. The van der Waals surface area contributed by atoms with Crippen molar-refractivity contribution in [3.63, 3.8) is 0 Å². The molecule has 2 atom stereocenters. The molecule has 1 aliphatic rings. The van der Waals surface area contributed by atoms with Crippen LogP contribution in [0.3, 0.4) is 0 Å². The van der Waals surface area contributed by atoms with E-state index in [0.717, 1.165) is 30.8 Å². The van der Waals surface area contributed by atoms with E-state index in [-0.39, 0.29) is 5.91 Å². The fourth-order valence-electron chi connectivity index (χ4n) is 2.49. The molecule has 0 saturated carbocycles. The van der Waals surface area contributed by atoms with E-state index in [1.807, 2.05) is 12.1 Å². The fraction of sp³-hybridized carbons (Fsp3) is 0.500. The molecule has 1 aromatic rings. The zero-order valence-corrected chi connectivity index (χ0v) is 11.3. The SMILES string of the molecule is CC(=O)N[C@H]1CCN[C@@H](Cc2ccc(Cl)cc2)C1. The summed E-state index contributed by atoms with van der Waals surface area (Å²) in [7, 11) is 0. The second-order valence-electron chi connectivity index (χ2n) is 4.90. The maximum atomic E-state index is 11.1. The zero-order chi connectivity index (χ0) is 13.0. The molecule has 4 heteroatoms. The predicted octanol–water partition coefficient (Wildman–Crippen LogP) is 2.14. The van der Waals surface area contributed by atoms with Gasteiger partial charge in [-0.15, -0.1) is 0 Å². The lowest BCUT2D eigenvalue weighted by molar-refractivity contribution is -0.119. The van der Waals surface area contributed by atoms with E-state index in [4.69, 9.17) is 11.6 Å². The molecule has 0 bridgehead atoms. The van der Waals surface area contributed by atoms with Crippen LogP contribution in [0.4, 0.5) is 0 Å². The second-order valence-corrected chi connectivity index (χ2v) is 5.34. The first-order chi connectivity index (χ1) is 8.63. The lowest BCUT2D eigenvalue weighted by Crippen LogP contribution is -2.48. The molecule has 98 valence electrons. The Morgan fingerprint density at radius 2 is 2.17 bits per heavy atom. The summed E-state index contributed by atoms with van der Waals surface area (Å²) in [5, 5.41) is 7.28. The summed E-state index contributed by atoms with van der Waals surface area (Å²) < 4.78 is 0. The van der Waals surface area contributed by atoms with E-state index in [9.17, 15) is 4.79 Å². The highest BCUT2D eigenvalue weighted by molar-refractivity contribution is 6.30. The largest absolute Gasteiger partial charge is 0.354 e. The number of amides is 1. The van der Waals surface area contributed by atoms with Gasteiger partial charge in [0, 0.05) is 24.0 Å². The van der Waals surface area contributed by atoms with Gasteiger partial charge in [0.2, 0.25) is 5.91 Å². The highest BCUT2D eigenvalue weighted by Crippen LogP contribution is 2.15. The van der Waals surface area contributed by atoms with Crippen molar-refractivity contribution < 1.29 is 4.79 Å². The van der Waals surface area contributed by atoms with E-state index in [0.29, 0.717) is 12.1 Å². The van der Waals surface area contributed by atoms with Gasteiger partial charge < -0.3 is 10.6 Å². The van der Waals surface area contributed by atoms with Crippen molar-refractivity contribution in [3.05, 3.63) is 34.9 Å². The first-order valence-corrected chi connectivity index (χ1v) is 6.76. The molecule has 2 N–H and O–H groups in total. The van der Waals surface area contributed by atoms with Gasteiger partial charge in [-0.05, 0) is 43.5 Å². The Balaban J connectivity index is 1.89. The maximum absolute atomic E-state index is 11.1. The van der Waals surface area contributed by atoms with E-state index >= 15 is 0 Å². The Labute approximate surface area is 113 Å². The van der Waals surface area contributed by atoms with Crippen molar-refractivity contribution in [2.45, 2.75) is 38.3 Å². The molecule has 1 saturated heterocycles. The van der Waals surface area contributed by atoms with E-state index in [2.05, 4.69) is 22.8 Å². The summed E-state index contributed by atoms with van der Waals surface area (Å²) in [4.78, 5) is 11.1. The van der Waals surface area contributed by atoms with Crippen LogP contribution < -0.4 is 10.6 Å². The number of carbonyl (C=O) groups excluding carboxylic acids is 1. The van der Waals surface area contributed by atoms with Crippen molar-refractivity contribution >= 4 is 17.5 Å². The summed E-state index contributed by atoms with van der Waals surface area (Å²) >= 11 is 5.87. The van der Waals surface area contributed by atoms with Crippen LogP contribution in [0.5, 0.6) is 0 Å². The Bertz CT molecular complexity index is 405. The Kier molecular flexibility index (Phi) is 4.61. The van der Waals surface area contributed by atoms with Crippen LogP contribution in [0, 0.1) is 0 Å². The van der Waals surface area contributed by atoms with Gasteiger partial charge in [-0.1, -0.05) is 23.7 Å². The third-order valence-corrected chi connectivity index (χ3v) is 3.55. The molecule has 1 aliphatic heterocycles. The summed E-state index contributed by atoms with van der Waals surface area (Å²) in [6, 6.07) is 8.70. The van der Waals surface area contributed by atoms with Crippen LogP contribution >= 0.6 is 11.6 Å². The summed E-state index contributed by atoms with van der Waals surface area (Å²) in [6.07, 6.45) is 2.98. The highest BCUT2D eigenvalue weighted by Gasteiger charge is 2.21. The molecule has 1 amide bonds. The highest BCUT2D eigenvalue weighted by atomic mass is 35.5. The number of nitrogens with one attached hydrogen (secondary N) is 2. The molecule has 0 spiro atoms. The molecule has 3 nitrogen and oxygen atoms in total. The quantitative estimate of drug-likeness (QED) is 0.880. The average Bonchev–Trinajstić information content (AvgIpc) is 2.32. The molecule has 0 unspecified atom stereocenters. The Hall–Kier alpha value is -1.06. The molecule has 18 heavy (non-hydrogen) atoms. The summed E-state index contributed by atoms with van der Waals surface area (Å²) in [6.45, 7) is 2.54. The number of benzene rings is 1. The van der Waals surface area contributed by atoms with Gasteiger partial charge in [0.15, 0.2) is 0 Å². The third kappa shape index (κ3) is 4.00. The van der Waals surface area contributed by atoms with Crippen LogP contribution in [0.15, 0.2) is 24.3 Å². The third-order valence-electron chi connectivity index (χ3n) is 3.30. The molecule has 0 aliphatic carbocycles. The van der Waals surface area contributed by atoms with Crippen molar-refractivity contribution in [2.24, 2.45) is 0 Å². The normalized spacial score (nSPS) is 23.7. The number of hydrogen-bond acceptors (Lipinski definition) is 2. The maximum Gasteiger partial charge on any atom is 0.217 e. The van der Waals surface area contributed by atoms with Crippen molar-refractivity contribution in [1.82, 2.24) is 10.6 Å². The lowest BCUT2D eigenvalue weighted by Gasteiger charge is -2.30. The van der Waals surface area contributed by atoms with Crippen molar-refractivity contribution in [2.75, 3.05) is 6.54 Å². The number of halogens is 1. The van der Waals surface area contributed by atoms with Crippen molar-refractivity contribution in [3.8, 4) is 0 Å². The van der Waals surface area contributed by atoms with Gasteiger partial charge in [-0.25, -0.2) is 0 Å². The minimum atomic E-state index is 0.0622. The van der Waals surface area contributed by atoms with Crippen LogP contribution in [0.2, 0.25) is 5.02 Å². The molecule has 0 aromatic heterocycles. The van der Waals surface area contributed by atoms with E-state index in [1.165, 1.54) is 5.56 Å². The second kappa shape index (κ2) is 6.21. The molecule has 1 fully saturated rings. The Morgan fingerprint density at radius 3 is 2.83 bits per heavy atom. The van der Waals surface area contributed by atoms with Gasteiger partial charge >= 0.3 is 0 Å². The van der Waals surface area contributed by atoms with Crippen LogP contribution in [-0.2, 0) is 11.2 Å². The number of hydrogen-bond donors (Lipinski definition) is 2. The molecule has 0 radical (unpaired) electrons. The zero-order valence-electron chi connectivity index (χ0n) is 10.6. The van der Waals surface area contributed by atoms with Crippen LogP contribution in [-0.4, -0.2) is 24.5 Å². The van der Waals surface area contributed by atoms with Gasteiger partial charge in [0.05, 0.1) is 0 Å². The van der Waals surface area contributed by atoms with E-state index < -0.39 is 0 Å².